The van der Waals surface area contributed by atoms with Crippen LogP contribution in [0.1, 0.15) is 31.2 Å². The number of nitrogens with two attached hydrogens (primary N) is 1. The molecule has 3 heteroatoms. The first-order valence-corrected chi connectivity index (χ1v) is 6.46. The van der Waals surface area contributed by atoms with Crippen molar-refractivity contribution < 1.29 is 5.11 Å². The van der Waals surface area contributed by atoms with Crippen LogP contribution in [0, 0.1) is 6.92 Å². The zero-order valence-electron chi connectivity index (χ0n) is 10.5. The third-order valence-corrected chi connectivity index (χ3v) is 3.73. The zero-order chi connectivity index (χ0) is 12.3. The van der Waals surface area contributed by atoms with Crippen molar-refractivity contribution in [2.24, 2.45) is 0 Å². The lowest BCUT2D eigenvalue weighted by Crippen LogP contribution is -2.41. The van der Waals surface area contributed by atoms with E-state index >= 15 is 0 Å². The number of anilines is 2. The molecular weight excluding hydrogens is 212 g/mol. The Morgan fingerprint density at radius 2 is 2.18 bits per heavy atom. The van der Waals surface area contributed by atoms with Crippen LogP contribution in [0.15, 0.2) is 18.2 Å². The molecule has 0 heterocycles. The Bertz CT molecular complexity index is 374. The fraction of sp³-hybridized carbons (Fsp3) is 0.571. The average molecular weight is 234 g/mol. The van der Waals surface area contributed by atoms with E-state index in [0.717, 1.165) is 24.2 Å². The first-order valence-electron chi connectivity index (χ1n) is 6.46. The van der Waals surface area contributed by atoms with E-state index < -0.39 is 0 Å². The second-order valence-electron chi connectivity index (χ2n) is 4.85. The third kappa shape index (κ3) is 2.55. The van der Waals surface area contributed by atoms with E-state index in [1.54, 1.807) is 0 Å². The van der Waals surface area contributed by atoms with E-state index in [9.17, 15) is 0 Å². The number of rotatable bonds is 5. The van der Waals surface area contributed by atoms with Gasteiger partial charge in [-0.15, -0.1) is 0 Å². The molecule has 0 unspecified atom stereocenters. The third-order valence-electron chi connectivity index (χ3n) is 3.73. The highest BCUT2D eigenvalue weighted by Crippen LogP contribution is 2.33. The Kier molecular flexibility index (Phi) is 3.89. The molecule has 0 bridgehead atoms. The van der Waals surface area contributed by atoms with Gasteiger partial charge in [-0.1, -0.05) is 6.07 Å². The minimum Gasteiger partial charge on any atom is -0.398 e. The van der Waals surface area contributed by atoms with Gasteiger partial charge in [-0.2, -0.15) is 0 Å². The monoisotopic (exact) mass is 234 g/mol. The van der Waals surface area contributed by atoms with Gasteiger partial charge in [0.2, 0.25) is 0 Å². The Labute approximate surface area is 103 Å². The van der Waals surface area contributed by atoms with E-state index in [4.69, 9.17) is 10.8 Å². The van der Waals surface area contributed by atoms with Crippen molar-refractivity contribution in [3.63, 3.8) is 0 Å². The number of hydrogen-bond donors (Lipinski definition) is 2. The van der Waals surface area contributed by atoms with Crippen LogP contribution in [0.4, 0.5) is 11.4 Å². The molecule has 3 nitrogen and oxygen atoms in total. The number of nitrogens with zero attached hydrogens (tertiary/aromatic N) is 1. The molecule has 0 spiro atoms. The molecule has 0 radical (unpaired) electrons. The van der Waals surface area contributed by atoms with E-state index in [1.807, 2.05) is 12.1 Å². The molecule has 1 fully saturated rings. The molecule has 17 heavy (non-hydrogen) atoms. The van der Waals surface area contributed by atoms with Gasteiger partial charge in [-0.05, 0) is 50.3 Å². The Morgan fingerprint density at radius 1 is 1.41 bits per heavy atom. The molecule has 0 atom stereocenters. The van der Waals surface area contributed by atoms with E-state index in [2.05, 4.69) is 17.9 Å². The van der Waals surface area contributed by atoms with E-state index in [-0.39, 0.29) is 6.61 Å². The van der Waals surface area contributed by atoms with Gasteiger partial charge in [-0.3, -0.25) is 0 Å². The molecule has 94 valence electrons. The van der Waals surface area contributed by atoms with Crippen molar-refractivity contribution in [1.82, 2.24) is 0 Å². The minimum atomic E-state index is 0.255. The maximum absolute atomic E-state index is 9.01. The molecule has 0 saturated heterocycles. The predicted octanol–water partition coefficient (Wildman–Crippen LogP) is 2.32. The van der Waals surface area contributed by atoms with E-state index in [0.29, 0.717) is 6.04 Å². The first kappa shape index (κ1) is 12.2. The highest BCUT2D eigenvalue weighted by atomic mass is 16.3. The maximum atomic E-state index is 9.01. The highest BCUT2D eigenvalue weighted by Gasteiger charge is 2.25. The summed E-state index contributed by atoms with van der Waals surface area (Å²) in [6, 6.07) is 6.75. The Morgan fingerprint density at radius 3 is 2.76 bits per heavy atom. The van der Waals surface area contributed by atoms with Crippen molar-refractivity contribution >= 4 is 11.4 Å². The summed E-state index contributed by atoms with van der Waals surface area (Å²) in [6.45, 7) is 3.26. The molecule has 0 aromatic heterocycles. The summed E-state index contributed by atoms with van der Waals surface area (Å²) in [5.41, 5.74) is 9.23. The lowest BCUT2D eigenvalue weighted by atomic mass is 9.90. The van der Waals surface area contributed by atoms with Crippen LogP contribution < -0.4 is 10.6 Å². The lowest BCUT2D eigenvalue weighted by Gasteiger charge is -2.40. The fourth-order valence-corrected chi connectivity index (χ4v) is 2.39. The van der Waals surface area contributed by atoms with E-state index in [1.165, 1.54) is 24.9 Å². The molecular formula is C14H22N2O. The number of hydrogen-bond acceptors (Lipinski definition) is 3. The van der Waals surface area contributed by atoms with Gasteiger partial charge in [0.25, 0.3) is 0 Å². The standard InChI is InChI=1S/C14H22N2O/c1-11-13(15)7-3-8-14(11)16(9-4-10-17)12-5-2-6-12/h3,7-8,12,17H,2,4-6,9-10,15H2,1H3. The summed E-state index contributed by atoms with van der Waals surface area (Å²) >= 11 is 0. The molecule has 1 aromatic rings. The Balaban J connectivity index is 2.21. The lowest BCUT2D eigenvalue weighted by molar-refractivity contribution is 0.283. The number of nitrogen functional groups attached to an aromatic ring is 1. The molecule has 1 aliphatic rings. The van der Waals surface area contributed by atoms with Gasteiger partial charge in [0.1, 0.15) is 0 Å². The summed E-state index contributed by atoms with van der Waals surface area (Å²) in [5, 5.41) is 9.01. The Hall–Kier alpha value is -1.22. The van der Waals surface area contributed by atoms with Crippen LogP contribution in [0.2, 0.25) is 0 Å². The number of aliphatic hydroxyl groups excluding tert-OH is 1. The fourth-order valence-electron chi connectivity index (χ4n) is 2.39. The summed E-state index contributed by atoms with van der Waals surface area (Å²) in [5.74, 6) is 0. The van der Waals surface area contributed by atoms with Gasteiger partial charge in [0.15, 0.2) is 0 Å². The molecule has 2 rings (SSSR count). The van der Waals surface area contributed by atoms with Crippen LogP contribution in [0.25, 0.3) is 0 Å². The topological polar surface area (TPSA) is 49.5 Å². The highest BCUT2D eigenvalue weighted by molar-refractivity contribution is 5.64. The quantitative estimate of drug-likeness (QED) is 0.769. The smallest absolute Gasteiger partial charge is 0.0447 e. The zero-order valence-corrected chi connectivity index (χ0v) is 10.5. The van der Waals surface area contributed by atoms with Crippen molar-refractivity contribution in [2.75, 3.05) is 23.8 Å². The molecule has 1 saturated carbocycles. The van der Waals surface area contributed by atoms with Gasteiger partial charge in [0, 0.05) is 30.6 Å². The number of aliphatic hydroxyl groups is 1. The van der Waals surface area contributed by atoms with Gasteiger partial charge < -0.3 is 15.7 Å². The molecule has 1 aromatic carbocycles. The van der Waals surface area contributed by atoms with Crippen LogP contribution in [0.5, 0.6) is 0 Å². The van der Waals surface area contributed by atoms with Gasteiger partial charge in [-0.25, -0.2) is 0 Å². The molecule has 1 aliphatic carbocycles. The second-order valence-corrected chi connectivity index (χ2v) is 4.85. The summed E-state index contributed by atoms with van der Waals surface area (Å²) < 4.78 is 0. The largest absolute Gasteiger partial charge is 0.398 e. The molecule has 0 aliphatic heterocycles. The molecule has 3 N–H and O–H groups in total. The van der Waals surface area contributed by atoms with Crippen LogP contribution >= 0.6 is 0 Å². The maximum Gasteiger partial charge on any atom is 0.0447 e. The SMILES string of the molecule is Cc1c(N)cccc1N(CCCO)C1CCC1. The van der Waals surface area contributed by atoms with Crippen LogP contribution in [-0.2, 0) is 0 Å². The number of benzene rings is 1. The predicted molar refractivity (Wildman–Crippen MR) is 72.3 cm³/mol. The van der Waals surface area contributed by atoms with Crippen molar-refractivity contribution in [3.8, 4) is 0 Å². The van der Waals surface area contributed by atoms with Crippen molar-refractivity contribution in [2.45, 2.75) is 38.6 Å². The van der Waals surface area contributed by atoms with Crippen molar-refractivity contribution in [3.05, 3.63) is 23.8 Å². The van der Waals surface area contributed by atoms with Crippen molar-refractivity contribution in [1.29, 1.82) is 0 Å². The van der Waals surface area contributed by atoms with Gasteiger partial charge in [0.05, 0.1) is 0 Å². The van der Waals surface area contributed by atoms with Gasteiger partial charge >= 0.3 is 0 Å². The van der Waals surface area contributed by atoms with Crippen LogP contribution in [-0.4, -0.2) is 24.3 Å². The second kappa shape index (κ2) is 5.41. The normalized spacial score (nSPS) is 15.6. The summed E-state index contributed by atoms with van der Waals surface area (Å²) in [4.78, 5) is 2.42. The molecule has 0 amide bonds. The summed E-state index contributed by atoms with van der Waals surface area (Å²) in [6.07, 6.45) is 4.67. The van der Waals surface area contributed by atoms with Crippen LogP contribution in [0.3, 0.4) is 0 Å². The summed E-state index contributed by atoms with van der Waals surface area (Å²) in [7, 11) is 0. The average Bonchev–Trinajstić information content (AvgIpc) is 2.26. The minimum absolute atomic E-state index is 0.255. The first-order chi connectivity index (χ1) is 8.24.